The Kier molecular flexibility index (Phi) is 4.00. The monoisotopic (exact) mass is 286 g/mol. The minimum Gasteiger partial charge on any atom is -0.369 e. The van der Waals surface area contributed by atoms with Crippen molar-refractivity contribution in [2.24, 2.45) is 0 Å². The van der Waals surface area contributed by atoms with Crippen LogP contribution in [0, 0.1) is 0 Å². The van der Waals surface area contributed by atoms with Crippen LogP contribution in [0.1, 0.15) is 6.42 Å². The Morgan fingerprint density at radius 1 is 1.28 bits per heavy atom. The molecule has 0 radical (unpaired) electrons. The van der Waals surface area contributed by atoms with Gasteiger partial charge in [-0.1, -0.05) is 23.2 Å². The lowest BCUT2D eigenvalue weighted by atomic mass is 10.3. The molecule has 0 unspecified atom stereocenters. The molecule has 6 heteroatoms. The van der Waals surface area contributed by atoms with E-state index in [0.717, 1.165) is 30.5 Å². The van der Waals surface area contributed by atoms with Crippen molar-refractivity contribution in [2.45, 2.75) is 13.0 Å². The SMILES string of the molecule is CN(C)CCCn1c(N)nc2cc(Cl)c(Cl)cc21. The standard InChI is InChI=1S/C12H16Cl2N4/c1-17(2)4-3-5-18-11-7-9(14)8(13)6-10(11)16-12(18)15/h6-7H,3-5H2,1-2H3,(H2,15,16). The molecule has 2 rings (SSSR count). The summed E-state index contributed by atoms with van der Waals surface area (Å²) in [5.74, 6) is 0.502. The van der Waals surface area contributed by atoms with Gasteiger partial charge in [0.15, 0.2) is 0 Å². The number of benzene rings is 1. The molecule has 18 heavy (non-hydrogen) atoms. The van der Waals surface area contributed by atoms with Crippen LogP contribution in [0.25, 0.3) is 11.0 Å². The number of aryl methyl sites for hydroxylation is 1. The van der Waals surface area contributed by atoms with E-state index in [2.05, 4.69) is 9.88 Å². The highest BCUT2D eigenvalue weighted by Crippen LogP contribution is 2.29. The van der Waals surface area contributed by atoms with Crippen molar-refractivity contribution in [3.8, 4) is 0 Å². The van der Waals surface area contributed by atoms with Crippen LogP contribution in [0.4, 0.5) is 5.95 Å². The summed E-state index contributed by atoms with van der Waals surface area (Å²) in [5.41, 5.74) is 7.64. The second kappa shape index (κ2) is 5.34. The lowest BCUT2D eigenvalue weighted by Gasteiger charge is -2.11. The maximum absolute atomic E-state index is 6.03. The molecule has 2 N–H and O–H groups in total. The average molecular weight is 287 g/mol. The summed E-state index contributed by atoms with van der Waals surface area (Å²) >= 11 is 12.0. The third-order valence-electron chi connectivity index (χ3n) is 2.81. The first-order valence-electron chi connectivity index (χ1n) is 5.74. The number of nitrogens with zero attached hydrogens (tertiary/aromatic N) is 3. The zero-order valence-electron chi connectivity index (χ0n) is 10.5. The van der Waals surface area contributed by atoms with Gasteiger partial charge in [0, 0.05) is 6.54 Å². The fourth-order valence-corrected chi connectivity index (χ4v) is 2.23. The number of nitrogens with two attached hydrogens (primary N) is 1. The summed E-state index contributed by atoms with van der Waals surface area (Å²) in [6.07, 6.45) is 1.00. The maximum atomic E-state index is 6.03. The molecule has 0 aliphatic heterocycles. The van der Waals surface area contributed by atoms with Crippen LogP contribution in [0.5, 0.6) is 0 Å². The van der Waals surface area contributed by atoms with E-state index in [1.54, 1.807) is 6.07 Å². The zero-order valence-corrected chi connectivity index (χ0v) is 12.0. The molecule has 0 saturated heterocycles. The van der Waals surface area contributed by atoms with Crippen LogP contribution in [0.15, 0.2) is 12.1 Å². The molecule has 0 aliphatic carbocycles. The highest BCUT2D eigenvalue weighted by molar-refractivity contribution is 6.42. The van der Waals surface area contributed by atoms with Crippen molar-refractivity contribution in [2.75, 3.05) is 26.4 Å². The summed E-state index contributed by atoms with van der Waals surface area (Å²) in [4.78, 5) is 6.43. The highest BCUT2D eigenvalue weighted by atomic mass is 35.5. The number of nitrogen functional groups attached to an aromatic ring is 1. The minimum atomic E-state index is 0.502. The van der Waals surface area contributed by atoms with E-state index in [1.165, 1.54) is 0 Å². The van der Waals surface area contributed by atoms with Gasteiger partial charge in [0.2, 0.25) is 5.95 Å². The van der Waals surface area contributed by atoms with Gasteiger partial charge < -0.3 is 15.2 Å². The molecule has 4 nitrogen and oxygen atoms in total. The third kappa shape index (κ3) is 2.71. The summed E-state index contributed by atoms with van der Waals surface area (Å²) in [6, 6.07) is 3.57. The van der Waals surface area contributed by atoms with Crippen LogP contribution in [0.3, 0.4) is 0 Å². The zero-order chi connectivity index (χ0) is 13.3. The molecular formula is C12H16Cl2N4. The molecule has 1 heterocycles. The largest absolute Gasteiger partial charge is 0.369 e. The van der Waals surface area contributed by atoms with Gasteiger partial charge in [0.05, 0.1) is 21.1 Å². The molecule has 0 aliphatic rings. The molecule has 1 aromatic carbocycles. The van der Waals surface area contributed by atoms with Gasteiger partial charge in [-0.05, 0) is 39.2 Å². The van der Waals surface area contributed by atoms with Crippen molar-refractivity contribution in [1.29, 1.82) is 0 Å². The van der Waals surface area contributed by atoms with Gasteiger partial charge in [-0.2, -0.15) is 0 Å². The van der Waals surface area contributed by atoms with Gasteiger partial charge in [0.1, 0.15) is 0 Å². The van der Waals surface area contributed by atoms with Crippen molar-refractivity contribution in [3.63, 3.8) is 0 Å². The Morgan fingerprint density at radius 2 is 1.94 bits per heavy atom. The summed E-state index contributed by atoms with van der Waals surface area (Å²) in [6.45, 7) is 1.82. The van der Waals surface area contributed by atoms with E-state index < -0.39 is 0 Å². The van der Waals surface area contributed by atoms with Crippen LogP contribution >= 0.6 is 23.2 Å². The highest BCUT2D eigenvalue weighted by Gasteiger charge is 2.10. The number of imidazole rings is 1. The summed E-state index contributed by atoms with van der Waals surface area (Å²) in [5, 5.41) is 1.03. The van der Waals surface area contributed by atoms with E-state index in [4.69, 9.17) is 28.9 Å². The van der Waals surface area contributed by atoms with E-state index in [-0.39, 0.29) is 0 Å². The molecule has 0 saturated carbocycles. The van der Waals surface area contributed by atoms with Crippen molar-refractivity contribution >= 4 is 40.2 Å². The molecular weight excluding hydrogens is 271 g/mol. The number of halogens is 2. The van der Waals surface area contributed by atoms with Crippen LogP contribution in [0.2, 0.25) is 10.0 Å². The van der Waals surface area contributed by atoms with Gasteiger partial charge in [-0.25, -0.2) is 4.98 Å². The summed E-state index contributed by atoms with van der Waals surface area (Å²) in [7, 11) is 4.10. The van der Waals surface area contributed by atoms with Gasteiger partial charge in [0.25, 0.3) is 0 Å². The Hall–Kier alpha value is -0.970. The first kappa shape index (κ1) is 13.5. The Balaban J connectivity index is 2.31. The number of fused-ring (bicyclic) bond motifs is 1. The van der Waals surface area contributed by atoms with Crippen molar-refractivity contribution in [3.05, 3.63) is 22.2 Å². The maximum Gasteiger partial charge on any atom is 0.201 e. The molecule has 2 aromatic rings. The molecule has 0 spiro atoms. The number of rotatable bonds is 4. The quantitative estimate of drug-likeness (QED) is 0.940. The van der Waals surface area contributed by atoms with Gasteiger partial charge in [-0.3, -0.25) is 0 Å². The van der Waals surface area contributed by atoms with Crippen molar-refractivity contribution in [1.82, 2.24) is 14.5 Å². The van der Waals surface area contributed by atoms with Crippen molar-refractivity contribution < 1.29 is 0 Å². The van der Waals surface area contributed by atoms with E-state index in [0.29, 0.717) is 16.0 Å². The predicted octanol–water partition coefficient (Wildman–Crippen LogP) is 2.88. The van der Waals surface area contributed by atoms with Gasteiger partial charge >= 0.3 is 0 Å². The smallest absolute Gasteiger partial charge is 0.201 e. The molecule has 0 atom stereocenters. The number of aromatic nitrogens is 2. The molecule has 1 aromatic heterocycles. The second-order valence-electron chi connectivity index (χ2n) is 4.53. The molecule has 98 valence electrons. The normalized spacial score (nSPS) is 11.6. The Labute approximate surface area is 116 Å². The predicted molar refractivity (Wildman–Crippen MR) is 77.3 cm³/mol. The lowest BCUT2D eigenvalue weighted by molar-refractivity contribution is 0.388. The number of anilines is 1. The Morgan fingerprint density at radius 3 is 2.61 bits per heavy atom. The van der Waals surface area contributed by atoms with E-state index in [1.807, 2.05) is 24.7 Å². The fourth-order valence-electron chi connectivity index (χ4n) is 1.92. The van der Waals surface area contributed by atoms with Crippen LogP contribution in [-0.2, 0) is 6.54 Å². The second-order valence-corrected chi connectivity index (χ2v) is 5.35. The molecule has 0 bridgehead atoms. The van der Waals surface area contributed by atoms with Crippen LogP contribution < -0.4 is 5.73 Å². The van der Waals surface area contributed by atoms with Crippen LogP contribution in [-0.4, -0.2) is 35.1 Å². The summed E-state index contributed by atoms with van der Waals surface area (Å²) < 4.78 is 1.97. The first-order chi connectivity index (χ1) is 8.49. The third-order valence-corrected chi connectivity index (χ3v) is 3.53. The number of hydrogen-bond donors (Lipinski definition) is 1. The average Bonchev–Trinajstić information content (AvgIpc) is 2.56. The van der Waals surface area contributed by atoms with E-state index >= 15 is 0 Å². The molecule has 0 fully saturated rings. The fraction of sp³-hybridized carbons (Fsp3) is 0.417. The first-order valence-corrected chi connectivity index (χ1v) is 6.50. The van der Waals surface area contributed by atoms with E-state index in [9.17, 15) is 0 Å². The lowest BCUT2D eigenvalue weighted by Crippen LogP contribution is -2.15. The number of hydrogen-bond acceptors (Lipinski definition) is 3. The minimum absolute atomic E-state index is 0.502. The topological polar surface area (TPSA) is 47.1 Å². The van der Waals surface area contributed by atoms with Gasteiger partial charge in [-0.15, -0.1) is 0 Å². The molecule has 0 amide bonds. The Bertz CT molecular complexity index is 563.